The molecule has 1 aliphatic rings. The molecule has 0 bridgehead atoms. The van der Waals surface area contributed by atoms with Crippen LogP contribution >= 0.6 is 0 Å². The molecule has 3 aromatic heterocycles. The van der Waals surface area contributed by atoms with Crippen molar-refractivity contribution in [1.82, 2.24) is 29.8 Å². The van der Waals surface area contributed by atoms with Crippen LogP contribution in [-0.2, 0) is 6.61 Å². The lowest BCUT2D eigenvalue weighted by Crippen LogP contribution is -2.07. The predicted molar refractivity (Wildman–Crippen MR) is 114 cm³/mol. The van der Waals surface area contributed by atoms with Crippen molar-refractivity contribution in [3.05, 3.63) is 89.8 Å². The molecule has 0 spiro atoms. The van der Waals surface area contributed by atoms with Gasteiger partial charge in [0, 0.05) is 11.6 Å². The minimum atomic E-state index is -0.750. The van der Waals surface area contributed by atoms with Crippen molar-refractivity contribution >= 4 is 22.3 Å². The number of H-pyrrole nitrogens is 1. The molecule has 7 nitrogen and oxygen atoms in total. The van der Waals surface area contributed by atoms with Crippen LogP contribution in [0.1, 0.15) is 11.4 Å². The summed E-state index contributed by atoms with van der Waals surface area (Å²) in [5.74, 6) is -0.313. The second-order valence-electron chi connectivity index (χ2n) is 7.25. The molecule has 32 heavy (non-hydrogen) atoms. The number of rotatable bonds is 5. The zero-order valence-electron chi connectivity index (χ0n) is 16.5. The Balaban J connectivity index is 1.41. The molecule has 0 saturated heterocycles. The molecule has 0 radical (unpaired) electrons. The number of halogens is 2. The zero-order chi connectivity index (χ0) is 21.7. The van der Waals surface area contributed by atoms with E-state index in [0.29, 0.717) is 17.4 Å². The van der Waals surface area contributed by atoms with E-state index in [1.165, 1.54) is 10.6 Å². The van der Waals surface area contributed by atoms with Crippen LogP contribution in [0.25, 0.3) is 33.6 Å². The Labute approximate surface area is 179 Å². The molecule has 5 aromatic rings. The van der Waals surface area contributed by atoms with Crippen molar-refractivity contribution in [3.63, 3.8) is 0 Å². The first-order valence-electron chi connectivity index (χ1n) is 9.83. The lowest BCUT2D eigenvalue weighted by molar-refractivity contribution is 0.280. The second-order valence-corrected chi connectivity index (χ2v) is 7.25. The van der Waals surface area contributed by atoms with Gasteiger partial charge in [0.15, 0.2) is 11.5 Å². The van der Waals surface area contributed by atoms with E-state index >= 15 is 0 Å². The molecule has 2 aromatic carbocycles. The molecule has 6 rings (SSSR count). The van der Waals surface area contributed by atoms with Gasteiger partial charge in [0.25, 0.3) is 0 Å². The highest BCUT2D eigenvalue weighted by Gasteiger charge is 2.20. The first kappa shape index (κ1) is 18.4. The molecule has 0 fully saturated rings. The molecular weight excluding hydrogens is 414 g/mol. The molecule has 9 heteroatoms. The van der Waals surface area contributed by atoms with Gasteiger partial charge in [-0.15, -0.1) is 15.3 Å². The number of nitrogens with one attached hydrogen (secondary N) is 1. The van der Waals surface area contributed by atoms with E-state index in [-0.39, 0.29) is 18.0 Å². The number of hydrogen-bond acceptors (Lipinski definition) is 5. The number of ether oxygens (including phenoxy) is 1. The number of benzene rings is 2. The van der Waals surface area contributed by atoms with Gasteiger partial charge in [-0.2, -0.15) is 4.52 Å². The molecular formula is C23H14F2N6O. The summed E-state index contributed by atoms with van der Waals surface area (Å²) in [5, 5.41) is 12.7. The predicted octanol–water partition coefficient (Wildman–Crippen LogP) is 4.48. The lowest BCUT2D eigenvalue weighted by atomic mass is 10.0. The standard InChI is InChI=1S/C23H14F2N6O/c24-14-8-9-15(17(25)10-14)22-29-28-21-11-16(13-4-3-5-13)23(30-31(21)22)32-12-20-26-18-6-1-2-7-19(18)27-20/h1-11H,12H2,(H,26,27). The van der Waals surface area contributed by atoms with Gasteiger partial charge in [-0.3, -0.25) is 0 Å². The summed E-state index contributed by atoms with van der Waals surface area (Å²) >= 11 is 0. The summed E-state index contributed by atoms with van der Waals surface area (Å²) in [6, 6.07) is 12.7. The van der Waals surface area contributed by atoms with Crippen LogP contribution in [0.2, 0.25) is 0 Å². The number of fused-ring (bicyclic) bond motifs is 2. The minimum Gasteiger partial charge on any atom is -0.468 e. The SMILES string of the molecule is Fc1ccc(-c2nnc3cc(C4=CC=C4)c(OCc4nc5ccccc5[nH]4)nn23)c(F)c1. The van der Waals surface area contributed by atoms with Crippen LogP contribution in [-0.4, -0.2) is 29.8 Å². The van der Waals surface area contributed by atoms with Crippen molar-refractivity contribution in [2.24, 2.45) is 0 Å². The minimum absolute atomic E-state index is 0.0881. The fourth-order valence-corrected chi connectivity index (χ4v) is 3.55. The van der Waals surface area contributed by atoms with Gasteiger partial charge in [0.1, 0.15) is 24.1 Å². The van der Waals surface area contributed by atoms with Gasteiger partial charge in [0.05, 0.1) is 16.6 Å². The molecule has 0 atom stereocenters. The van der Waals surface area contributed by atoms with E-state index in [2.05, 4.69) is 25.3 Å². The van der Waals surface area contributed by atoms with Crippen LogP contribution < -0.4 is 4.74 Å². The van der Waals surface area contributed by atoms with Gasteiger partial charge in [-0.1, -0.05) is 30.4 Å². The third kappa shape index (κ3) is 3.02. The van der Waals surface area contributed by atoms with Crippen LogP contribution in [0.15, 0.2) is 66.8 Å². The van der Waals surface area contributed by atoms with E-state index in [0.717, 1.165) is 34.3 Å². The van der Waals surface area contributed by atoms with Crippen LogP contribution in [0.4, 0.5) is 8.78 Å². The number of allylic oxidation sites excluding steroid dienone is 4. The van der Waals surface area contributed by atoms with Crippen LogP contribution in [0.5, 0.6) is 5.88 Å². The number of para-hydroxylation sites is 2. The zero-order valence-corrected chi connectivity index (χ0v) is 16.5. The van der Waals surface area contributed by atoms with Gasteiger partial charge in [0.2, 0.25) is 5.88 Å². The molecule has 156 valence electrons. The average molecular weight is 428 g/mol. The maximum Gasteiger partial charge on any atom is 0.240 e. The Bertz CT molecular complexity index is 1530. The second kappa shape index (κ2) is 7.09. The van der Waals surface area contributed by atoms with Crippen molar-refractivity contribution in [1.29, 1.82) is 0 Å². The highest BCUT2D eigenvalue weighted by molar-refractivity contribution is 5.84. The molecule has 0 amide bonds. The normalized spacial score (nSPS) is 12.9. The van der Waals surface area contributed by atoms with Crippen LogP contribution in [0, 0.1) is 11.6 Å². The highest BCUT2D eigenvalue weighted by Crippen LogP contribution is 2.32. The summed E-state index contributed by atoms with van der Waals surface area (Å²) < 4.78 is 35.1. The summed E-state index contributed by atoms with van der Waals surface area (Å²) in [6.45, 7) is 0.152. The fraction of sp³-hybridized carbons (Fsp3) is 0.0435. The molecule has 0 saturated carbocycles. The van der Waals surface area contributed by atoms with Gasteiger partial charge in [-0.25, -0.2) is 13.8 Å². The number of aromatic amines is 1. The molecule has 0 aliphatic heterocycles. The van der Waals surface area contributed by atoms with Crippen molar-refractivity contribution in [2.45, 2.75) is 6.61 Å². The Morgan fingerprint density at radius 3 is 2.66 bits per heavy atom. The Hall–Kier alpha value is -4.40. The quantitative estimate of drug-likeness (QED) is 0.447. The van der Waals surface area contributed by atoms with E-state index < -0.39 is 11.6 Å². The molecule has 3 heterocycles. The van der Waals surface area contributed by atoms with Gasteiger partial charge in [-0.05, 0) is 35.9 Å². The lowest BCUT2D eigenvalue weighted by Gasteiger charge is -2.13. The monoisotopic (exact) mass is 428 g/mol. The summed E-state index contributed by atoms with van der Waals surface area (Å²) in [4.78, 5) is 7.74. The van der Waals surface area contributed by atoms with E-state index in [1.54, 1.807) is 6.07 Å². The summed E-state index contributed by atoms with van der Waals surface area (Å²) in [6.07, 6.45) is 5.77. The summed E-state index contributed by atoms with van der Waals surface area (Å²) in [5.41, 5.74) is 3.91. The fourth-order valence-electron chi connectivity index (χ4n) is 3.55. The average Bonchev–Trinajstić information content (AvgIpc) is 3.34. The Morgan fingerprint density at radius 1 is 1.00 bits per heavy atom. The van der Waals surface area contributed by atoms with E-state index in [9.17, 15) is 8.78 Å². The smallest absolute Gasteiger partial charge is 0.240 e. The first-order valence-corrected chi connectivity index (χ1v) is 9.83. The van der Waals surface area contributed by atoms with E-state index in [4.69, 9.17) is 4.74 Å². The number of imidazole rings is 1. The van der Waals surface area contributed by atoms with Crippen molar-refractivity contribution in [2.75, 3.05) is 0 Å². The maximum absolute atomic E-state index is 14.4. The Kier molecular flexibility index (Phi) is 4.07. The first-order chi connectivity index (χ1) is 15.7. The maximum atomic E-state index is 14.4. The Morgan fingerprint density at radius 2 is 1.88 bits per heavy atom. The molecule has 1 N–H and O–H groups in total. The van der Waals surface area contributed by atoms with E-state index in [1.807, 2.05) is 42.5 Å². The third-order valence-corrected chi connectivity index (χ3v) is 5.18. The molecule has 1 aliphatic carbocycles. The van der Waals surface area contributed by atoms with Crippen LogP contribution in [0.3, 0.4) is 0 Å². The van der Waals surface area contributed by atoms with Gasteiger partial charge >= 0.3 is 0 Å². The third-order valence-electron chi connectivity index (χ3n) is 5.18. The summed E-state index contributed by atoms with van der Waals surface area (Å²) in [7, 11) is 0. The highest BCUT2D eigenvalue weighted by atomic mass is 19.1. The number of aromatic nitrogens is 6. The van der Waals surface area contributed by atoms with Crippen molar-refractivity contribution in [3.8, 4) is 17.3 Å². The number of hydrogen-bond donors (Lipinski definition) is 1. The van der Waals surface area contributed by atoms with Crippen molar-refractivity contribution < 1.29 is 13.5 Å². The topological polar surface area (TPSA) is 81.0 Å². The number of nitrogens with zero attached hydrogens (tertiary/aromatic N) is 5. The molecule has 0 unspecified atom stereocenters. The van der Waals surface area contributed by atoms with Gasteiger partial charge < -0.3 is 9.72 Å². The largest absolute Gasteiger partial charge is 0.468 e.